The summed E-state index contributed by atoms with van der Waals surface area (Å²) in [6, 6.07) is 10.4. The predicted molar refractivity (Wildman–Crippen MR) is 69.3 cm³/mol. The van der Waals surface area contributed by atoms with Crippen LogP contribution in [0.15, 0.2) is 38.4 Å². The fraction of sp³-hybridized carbons (Fsp3) is 0. The molecule has 0 bridgehead atoms. The van der Waals surface area contributed by atoms with E-state index in [4.69, 9.17) is 15.8 Å². The van der Waals surface area contributed by atoms with Gasteiger partial charge in [-0.25, -0.2) is 0 Å². The largest absolute Gasteiger partial charge is 0.344 e. The zero-order chi connectivity index (χ0) is 12.8. The van der Waals surface area contributed by atoms with Gasteiger partial charge >= 0.3 is 0 Å². The second-order valence-corrected chi connectivity index (χ2v) is 4.60. The van der Waals surface area contributed by atoms with Gasteiger partial charge < -0.3 is 5.32 Å². The molecule has 1 aromatic carbocycles. The maximum atomic E-state index is 8.88. The minimum atomic E-state index is -0.251. The standard InChI is InChI=1S/C11H4Br2N4/c12-8-1-2-9(13)10(3-8)17-11(6-16)7(4-14)5-15/h1-3,17H. The molecule has 0 heterocycles. The van der Waals surface area contributed by atoms with Crippen molar-refractivity contribution in [2.75, 3.05) is 5.32 Å². The lowest BCUT2D eigenvalue weighted by Crippen LogP contribution is -2.01. The van der Waals surface area contributed by atoms with Crippen molar-refractivity contribution in [1.29, 1.82) is 15.8 Å². The van der Waals surface area contributed by atoms with E-state index < -0.39 is 0 Å². The van der Waals surface area contributed by atoms with E-state index in [0.717, 1.165) is 8.95 Å². The minimum Gasteiger partial charge on any atom is -0.344 e. The SMILES string of the molecule is N#CC(C#N)=C(C#N)Nc1cc(Br)ccc1Br. The van der Waals surface area contributed by atoms with Gasteiger partial charge in [0.15, 0.2) is 5.57 Å². The molecule has 0 fully saturated rings. The first-order valence-corrected chi connectivity index (χ1v) is 5.87. The van der Waals surface area contributed by atoms with Gasteiger partial charge in [0.1, 0.15) is 23.9 Å². The average molecular weight is 352 g/mol. The van der Waals surface area contributed by atoms with Crippen LogP contribution in [0.4, 0.5) is 5.69 Å². The number of nitrogens with one attached hydrogen (secondary N) is 1. The zero-order valence-electron chi connectivity index (χ0n) is 8.33. The molecule has 0 aromatic heterocycles. The Balaban J connectivity index is 3.20. The Morgan fingerprint density at radius 2 is 1.71 bits per heavy atom. The van der Waals surface area contributed by atoms with Crippen LogP contribution in [-0.2, 0) is 0 Å². The van der Waals surface area contributed by atoms with E-state index in [1.807, 2.05) is 6.07 Å². The van der Waals surface area contributed by atoms with Crippen molar-refractivity contribution >= 4 is 37.5 Å². The van der Waals surface area contributed by atoms with Crippen molar-refractivity contribution < 1.29 is 0 Å². The van der Waals surface area contributed by atoms with Crippen LogP contribution in [0.2, 0.25) is 0 Å². The topological polar surface area (TPSA) is 83.4 Å². The van der Waals surface area contributed by atoms with Crippen LogP contribution in [-0.4, -0.2) is 0 Å². The van der Waals surface area contributed by atoms with Gasteiger partial charge in [-0.3, -0.25) is 0 Å². The molecule has 0 aliphatic rings. The number of hydrogen-bond acceptors (Lipinski definition) is 4. The number of hydrogen-bond donors (Lipinski definition) is 1. The van der Waals surface area contributed by atoms with Crippen molar-refractivity contribution in [3.05, 3.63) is 38.4 Å². The monoisotopic (exact) mass is 350 g/mol. The molecule has 0 amide bonds. The van der Waals surface area contributed by atoms with Crippen molar-refractivity contribution in [1.82, 2.24) is 0 Å². The van der Waals surface area contributed by atoms with E-state index in [9.17, 15) is 0 Å². The van der Waals surface area contributed by atoms with Crippen LogP contribution < -0.4 is 5.32 Å². The first-order valence-electron chi connectivity index (χ1n) is 4.29. The summed E-state index contributed by atoms with van der Waals surface area (Å²) in [5.74, 6) is 0. The summed E-state index contributed by atoms with van der Waals surface area (Å²) in [7, 11) is 0. The Kier molecular flexibility index (Phi) is 4.72. The number of nitrogens with zero attached hydrogens (tertiary/aromatic N) is 3. The summed E-state index contributed by atoms with van der Waals surface area (Å²) >= 11 is 6.59. The van der Waals surface area contributed by atoms with E-state index in [0.29, 0.717) is 5.69 Å². The Labute approximate surface area is 115 Å². The zero-order valence-corrected chi connectivity index (χ0v) is 11.5. The molecule has 0 aliphatic heterocycles. The fourth-order valence-corrected chi connectivity index (χ4v) is 1.72. The highest BCUT2D eigenvalue weighted by molar-refractivity contribution is 9.11. The molecule has 0 radical (unpaired) electrons. The highest BCUT2D eigenvalue weighted by atomic mass is 79.9. The fourth-order valence-electron chi connectivity index (χ4n) is 1.01. The van der Waals surface area contributed by atoms with Gasteiger partial charge in [0.25, 0.3) is 0 Å². The maximum absolute atomic E-state index is 8.88. The Morgan fingerprint density at radius 1 is 1.06 bits per heavy atom. The third-order valence-corrected chi connectivity index (χ3v) is 2.96. The molecule has 1 N–H and O–H groups in total. The van der Waals surface area contributed by atoms with Crippen molar-refractivity contribution in [2.24, 2.45) is 0 Å². The van der Waals surface area contributed by atoms with Gasteiger partial charge in [0.05, 0.1) is 5.69 Å². The van der Waals surface area contributed by atoms with Gasteiger partial charge in [-0.2, -0.15) is 15.8 Å². The molecule has 0 spiro atoms. The van der Waals surface area contributed by atoms with Crippen LogP contribution in [0.3, 0.4) is 0 Å². The molecule has 1 rings (SSSR count). The molecule has 0 unspecified atom stereocenters. The minimum absolute atomic E-state index is 0.0752. The van der Waals surface area contributed by atoms with Crippen LogP contribution in [0.25, 0.3) is 0 Å². The molecule has 0 saturated heterocycles. The molecule has 0 saturated carbocycles. The second-order valence-electron chi connectivity index (χ2n) is 2.83. The number of halogens is 2. The molecule has 82 valence electrons. The van der Waals surface area contributed by atoms with Gasteiger partial charge in [-0.1, -0.05) is 15.9 Å². The van der Waals surface area contributed by atoms with Gasteiger partial charge in [-0.15, -0.1) is 0 Å². The number of anilines is 1. The molecule has 17 heavy (non-hydrogen) atoms. The molecule has 0 aliphatic carbocycles. The summed E-state index contributed by atoms with van der Waals surface area (Å²) in [5, 5.41) is 29.0. The molecule has 4 nitrogen and oxygen atoms in total. The van der Waals surface area contributed by atoms with Crippen molar-refractivity contribution in [3.63, 3.8) is 0 Å². The highest BCUT2D eigenvalue weighted by Gasteiger charge is 2.08. The highest BCUT2D eigenvalue weighted by Crippen LogP contribution is 2.27. The lowest BCUT2D eigenvalue weighted by Gasteiger charge is -2.07. The second kappa shape index (κ2) is 6.06. The number of rotatable bonds is 2. The summed E-state index contributed by atoms with van der Waals surface area (Å²) in [6.07, 6.45) is 0. The molecule has 0 atom stereocenters. The van der Waals surface area contributed by atoms with Gasteiger partial charge in [-0.05, 0) is 34.1 Å². The molecular formula is C11H4Br2N4. The lowest BCUT2D eigenvalue weighted by atomic mass is 10.2. The normalized spacial score (nSPS) is 8.41. The number of nitriles is 3. The Morgan fingerprint density at radius 3 is 2.24 bits per heavy atom. The third kappa shape index (κ3) is 3.32. The summed E-state index contributed by atoms with van der Waals surface area (Å²) in [4.78, 5) is 0. The van der Waals surface area contributed by atoms with E-state index in [1.165, 1.54) is 0 Å². The third-order valence-electron chi connectivity index (χ3n) is 1.77. The predicted octanol–water partition coefficient (Wildman–Crippen LogP) is 3.45. The van der Waals surface area contributed by atoms with Crippen LogP contribution in [0.5, 0.6) is 0 Å². The summed E-state index contributed by atoms with van der Waals surface area (Å²) in [5.41, 5.74) is 0.270. The van der Waals surface area contributed by atoms with Gasteiger partial charge in [0, 0.05) is 8.95 Å². The van der Waals surface area contributed by atoms with Crippen LogP contribution in [0.1, 0.15) is 0 Å². The molecule has 6 heteroatoms. The average Bonchev–Trinajstić information content (AvgIpc) is 2.33. The lowest BCUT2D eigenvalue weighted by molar-refractivity contribution is 1.36. The quantitative estimate of drug-likeness (QED) is 0.827. The van der Waals surface area contributed by atoms with Gasteiger partial charge in [0.2, 0.25) is 0 Å². The van der Waals surface area contributed by atoms with E-state index in [2.05, 4.69) is 37.2 Å². The summed E-state index contributed by atoms with van der Waals surface area (Å²) < 4.78 is 1.54. The maximum Gasteiger partial charge on any atom is 0.163 e. The Hall–Kier alpha value is -1.81. The first-order chi connectivity index (χ1) is 8.12. The summed E-state index contributed by atoms with van der Waals surface area (Å²) in [6.45, 7) is 0. The Bertz CT molecular complexity index is 583. The van der Waals surface area contributed by atoms with Crippen molar-refractivity contribution in [2.45, 2.75) is 0 Å². The number of benzene rings is 1. The van der Waals surface area contributed by atoms with E-state index in [-0.39, 0.29) is 11.3 Å². The van der Waals surface area contributed by atoms with E-state index >= 15 is 0 Å². The van der Waals surface area contributed by atoms with Crippen LogP contribution in [0, 0.1) is 34.0 Å². The molecular weight excluding hydrogens is 348 g/mol. The molecule has 1 aromatic rings. The van der Waals surface area contributed by atoms with Crippen molar-refractivity contribution in [3.8, 4) is 18.2 Å². The number of allylic oxidation sites excluding steroid dienone is 2. The first kappa shape index (κ1) is 13.3. The van der Waals surface area contributed by atoms with E-state index in [1.54, 1.807) is 30.3 Å². The van der Waals surface area contributed by atoms with Crippen LogP contribution >= 0.6 is 31.9 Å². The smallest absolute Gasteiger partial charge is 0.163 e.